The number of nitrogens with one attached hydrogen (secondary N) is 1. The van der Waals surface area contributed by atoms with Gasteiger partial charge in [-0.25, -0.2) is 4.79 Å². The van der Waals surface area contributed by atoms with Crippen molar-refractivity contribution in [3.63, 3.8) is 0 Å². The van der Waals surface area contributed by atoms with Gasteiger partial charge in [-0.2, -0.15) is 0 Å². The lowest BCUT2D eigenvalue weighted by molar-refractivity contribution is -0.123. The molecule has 0 bridgehead atoms. The maximum absolute atomic E-state index is 11.6. The topological polar surface area (TPSA) is 66.4 Å². The maximum atomic E-state index is 11.6. The van der Waals surface area contributed by atoms with Crippen LogP contribution in [0.3, 0.4) is 0 Å². The number of hydrogen-bond acceptors (Lipinski definition) is 2. The second kappa shape index (κ2) is 4.44. The molecule has 1 rings (SSSR count). The normalized spacial score (nSPS) is 26.5. The van der Waals surface area contributed by atoms with Gasteiger partial charge in [0.2, 0.25) is 0 Å². The number of carboxylic acid groups (broad SMARTS) is 1. The summed E-state index contributed by atoms with van der Waals surface area (Å²) in [7, 11) is 0. The zero-order valence-corrected chi connectivity index (χ0v) is 8.51. The van der Waals surface area contributed by atoms with Gasteiger partial charge >= 0.3 is 6.09 Å². The lowest BCUT2D eigenvalue weighted by Crippen LogP contribution is -2.51. The van der Waals surface area contributed by atoms with E-state index in [0.717, 1.165) is 19.3 Å². The van der Waals surface area contributed by atoms with E-state index in [1.807, 2.05) is 6.92 Å². The van der Waals surface area contributed by atoms with Crippen LogP contribution in [0, 0.1) is 0 Å². The second-order valence-corrected chi connectivity index (χ2v) is 3.89. The van der Waals surface area contributed by atoms with E-state index in [4.69, 9.17) is 5.11 Å². The summed E-state index contributed by atoms with van der Waals surface area (Å²) < 4.78 is 0. The van der Waals surface area contributed by atoms with E-state index in [1.54, 1.807) is 0 Å². The number of carbonyl (C=O) groups is 2. The fourth-order valence-electron chi connectivity index (χ4n) is 2.07. The molecule has 0 aromatic heterocycles. The van der Waals surface area contributed by atoms with Gasteiger partial charge in [-0.1, -0.05) is 19.8 Å². The van der Waals surface area contributed by atoms with E-state index in [-0.39, 0.29) is 5.78 Å². The molecule has 0 aromatic rings. The molecule has 1 unspecified atom stereocenters. The van der Waals surface area contributed by atoms with E-state index in [1.165, 1.54) is 0 Å². The number of amides is 1. The fourth-order valence-corrected chi connectivity index (χ4v) is 2.07. The molecule has 0 aromatic carbocycles. The Morgan fingerprint density at radius 3 is 2.79 bits per heavy atom. The van der Waals surface area contributed by atoms with Crippen molar-refractivity contribution in [2.45, 2.75) is 51.0 Å². The molecule has 0 saturated heterocycles. The standard InChI is InChI=1S/C10H17NO3/c1-2-3-6-10(11-9(13)14)7-4-5-8(10)12/h11H,2-7H2,1H3,(H,13,14). The highest BCUT2D eigenvalue weighted by molar-refractivity contribution is 5.93. The number of carbonyl (C=O) groups excluding carboxylic acids is 1. The second-order valence-electron chi connectivity index (χ2n) is 3.89. The first-order valence-electron chi connectivity index (χ1n) is 5.15. The van der Waals surface area contributed by atoms with Gasteiger partial charge in [0.1, 0.15) is 5.54 Å². The SMILES string of the molecule is CCCCC1(NC(=O)O)CCCC1=O. The van der Waals surface area contributed by atoms with E-state index < -0.39 is 11.6 Å². The summed E-state index contributed by atoms with van der Waals surface area (Å²) in [5, 5.41) is 11.1. The lowest BCUT2D eigenvalue weighted by atomic mass is 9.90. The molecule has 0 heterocycles. The van der Waals surface area contributed by atoms with E-state index in [9.17, 15) is 9.59 Å². The highest BCUT2D eigenvalue weighted by atomic mass is 16.4. The molecule has 1 atom stereocenters. The van der Waals surface area contributed by atoms with Crippen LogP contribution in [0.2, 0.25) is 0 Å². The van der Waals surface area contributed by atoms with Gasteiger partial charge in [0.15, 0.2) is 5.78 Å². The molecular weight excluding hydrogens is 182 g/mol. The van der Waals surface area contributed by atoms with Crippen molar-refractivity contribution < 1.29 is 14.7 Å². The lowest BCUT2D eigenvalue weighted by Gasteiger charge is -2.26. The molecule has 0 aliphatic heterocycles. The number of Topliss-reactive ketones (excluding diaryl/α,β-unsaturated/α-hetero) is 1. The van der Waals surface area contributed by atoms with Crippen molar-refractivity contribution in [1.82, 2.24) is 5.32 Å². The zero-order valence-electron chi connectivity index (χ0n) is 8.51. The highest BCUT2D eigenvalue weighted by Crippen LogP contribution is 2.30. The Hall–Kier alpha value is -1.06. The van der Waals surface area contributed by atoms with Crippen molar-refractivity contribution in [2.24, 2.45) is 0 Å². The molecule has 0 radical (unpaired) electrons. The van der Waals surface area contributed by atoms with Crippen LogP contribution in [-0.2, 0) is 4.79 Å². The molecule has 1 aliphatic rings. The maximum Gasteiger partial charge on any atom is 0.405 e. The van der Waals surface area contributed by atoms with Crippen molar-refractivity contribution >= 4 is 11.9 Å². The van der Waals surface area contributed by atoms with Crippen LogP contribution < -0.4 is 5.32 Å². The molecule has 4 heteroatoms. The molecule has 1 amide bonds. The molecule has 2 N–H and O–H groups in total. The molecule has 1 saturated carbocycles. The third kappa shape index (κ3) is 2.25. The number of rotatable bonds is 4. The van der Waals surface area contributed by atoms with Crippen molar-refractivity contribution in [2.75, 3.05) is 0 Å². The van der Waals surface area contributed by atoms with E-state index >= 15 is 0 Å². The Morgan fingerprint density at radius 1 is 1.64 bits per heavy atom. The van der Waals surface area contributed by atoms with Crippen molar-refractivity contribution in [3.8, 4) is 0 Å². The highest BCUT2D eigenvalue weighted by Gasteiger charge is 2.42. The summed E-state index contributed by atoms with van der Waals surface area (Å²) in [5.41, 5.74) is -0.762. The summed E-state index contributed by atoms with van der Waals surface area (Å²) >= 11 is 0. The zero-order chi connectivity index (χ0) is 10.6. The summed E-state index contributed by atoms with van der Waals surface area (Å²) in [6, 6.07) is 0. The minimum absolute atomic E-state index is 0.0633. The first kappa shape index (κ1) is 11.0. The predicted molar refractivity (Wildman–Crippen MR) is 52.3 cm³/mol. The van der Waals surface area contributed by atoms with E-state index in [0.29, 0.717) is 19.3 Å². The number of ketones is 1. The predicted octanol–water partition coefficient (Wildman–Crippen LogP) is 1.94. The Bertz CT molecular complexity index is 240. The Balaban J connectivity index is 2.67. The number of hydrogen-bond donors (Lipinski definition) is 2. The van der Waals surface area contributed by atoms with Gasteiger partial charge < -0.3 is 10.4 Å². The van der Waals surface area contributed by atoms with Crippen LogP contribution >= 0.6 is 0 Å². The molecule has 80 valence electrons. The van der Waals surface area contributed by atoms with Gasteiger partial charge in [-0.15, -0.1) is 0 Å². The Labute approximate surface area is 83.7 Å². The fraction of sp³-hybridized carbons (Fsp3) is 0.800. The van der Waals surface area contributed by atoms with Crippen LogP contribution in [0.25, 0.3) is 0 Å². The summed E-state index contributed by atoms with van der Waals surface area (Å²) in [5.74, 6) is 0.0633. The molecule has 0 spiro atoms. The summed E-state index contributed by atoms with van der Waals surface area (Å²) in [6.45, 7) is 2.04. The summed E-state index contributed by atoms with van der Waals surface area (Å²) in [4.78, 5) is 22.2. The average Bonchev–Trinajstić information content (AvgIpc) is 2.44. The minimum atomic E-state index is -1.09. The van der Waals surface area contributed by atoms with Crippen LogP contribution in [0.1, 0.15) is 45.4 Å². The first-order chi connectivity index (χ1) is 6.60. The molecule has 4 nitrogen and oxygen atoms in total. The average molecular weight is 199 g/mol. The van der Waals surface area contributed by atoms with Gasteiger partial charge in [0.25, 0.3) is 0 Å². The largest absolute Gasteiger partial charge is 0.465 e. The minimum Gasteiger partial charge on any atom is -0.465 e. The van der Waals surface area contributed by atoms with Crippen LogP contribution in [-0.4, -0.2) is 22.5 Å². The van der Waals surface area contributed by atoms with Crippen molar-refractivity contribution in [3.05, 3.63) is 0 Å². The molecule has 1 aliphatic carbocycles. The molecule has 14 heavy (non-hydrogen) atoms. The van der Waals surface area contributed by atoms with Crippen LogP contribution in [0.4, 0.5) is 4.79 Å². The number of unbranched alkanes of at least 4 members (excludes halogenated alkanes) is 1. The van der Waals surface area contributed by atoms with Gasteiger partial charge in [0.05, 0.1) is 0 Å². The quantitative estimate of drug-likeness (QED) is 0.727. The molecule has 1 fully saturated rings. The summed E-state index contributed by atoms with van der Waals surface area (Å²) in [6.07, 6.45) is 3.43. The Morgan fingerprint density at radius 2 is 2.36 bits per heavy atom. The monoisotopic (exact) mass is 199 g/mol. The smallest absolute Gasteiger partial charge is 0.405 e. The Kier molecular flexibility index (Phi) is 3.49. The van der Waals surface area contributed by atoms with E-state index in [2.05, 4.69) is 5.32 Å². The van der Waals surface area contributed by atoms with Gasteiger partial charge in [0, 0.05) is 6.42 Å². The third-order valence-corrected chi connectivity index (χ3v) is 2.84. The van der Waals surface area contributed by atoms with Gasteiger partial charge in [-0.3, -0.25) is 4.79 Å². The van der Waals surface area contributed by atoms with Crippen molar-refractivity contribution in [1.29, 1.82) is 0 Å². The van der Waals surface area contributed by atoms with Crippen LogP contribution in [0.15, 0.2) is 0 Å². The first-order valence-corrected chi connectivity index (χ1v) is 5.15. The molecular formula is C10H17NO3. The third-order valence-electron chi connectivity index (χ3n) is 2.84. The van der Waals surface area contributed by atoms with Crippen LogP contribution in [0.5, 0.6) is 0 Å². The van der Waals surface area contributed by atoms with Gasteiger partial charge in [-0.05, 0) is 19.3 Å².